The lowest BCUT2D eigenvalue weighted by Crippen LogP contribution is -2.54. The van der Waals surface area contributed by atoms with Crippen LogP contribution in [0.2, 0.25) is 0 Å². The van der Waals surface area contributed by atoms with Crippen molar-refractivity contribution in [3.63, 3.8) is 0 Å². The van der Waals surface area contributed by atoms with Crippen LogP contribution in [-0.2, 0) is 46.5 Å². The fraction of sp³-hybridized carbons (Fsp3) is 0.475. The van der Waals surface area contributed by atoms with E-state index in [1.165, 1.54) is 13.5 Å². The van der Waals surface area contributed by atoms with E-state index in [9.17, 15) is 47.0 Å². The smallest absolute Gasteiger partial charge is 0.480 e. The van der Waals surface area contributed by atoms with Gasteiger partial charge in [0.25, 0.3) is 0 Å². The van der Waals surface area contributed by atoms with Gasteiger partial charge in [-0.3, -0.25) is 9.59 Å². The van der Waals surface area contributed by atoms with Crippen molar-refractivity contribution in [3.05, 3.63) is 71.9 Å². The van der Waals surface area contributed by atoms with Crippen LogP contribution in [0.4, 0.5) is 22.8 Å². The summed E-state index contributed by atoms with van der Waals surface area (Å²) in [4.78, 5) is 87.3. The molecule has 18 nitrogen and oxygen atoms in total. The average molecular weight is 868 g/mol. The van der Waals surface area contributed by atoms with Crippen LogP contribution in [0.5, 0.6) is 0 Å². The van der Waals surface area contributed by atoms with Gasteiger partial charge in [0.15, 0.2) is 0 Å². The molecule has 0 aliphatic heterocycles. The maximum absolute atomic E-state index is 13.2. The molecule has 3 rings (SSSR count). The maximum atomic E-state index is 13.2. The van der Waals surface area contributed by atoms with Crippen molar-refractivity contribution >= 4 is 52.7 Å². The molecular weight excluding hydrogens is 811 g/mol. The van der Waals surface area contributed by atoms with E-state index < -0.39 is 72.7 Å². The number of methoxy groups -OCH3 is 1. The molecule has 1 aromatic heterocycles. The van der Waals surface area contributed by atoms with Crippen molar-refractivity contribution < 1.29 is 66.4 Å². The van der Waals surface area contributed by atoms with E-state index in [4.69, 9.17) is 25.1 Å². The third-order valence-electron chi connectivity index (χ3n) is 8.16. The van der Waals surface area contributed by atoms with E-state index in [1.807, 2.05) is 54.6 Å². The van der Waals surface area contributed by atoms with Gasteiger partial charge in [-0.15, -0.1) is 0 Å². The van der Waals surface area contributed by atoms with E-state index >= 15 is 0 Å². The number of alkyl carbamates (subject to hydrolysis) is 1. The number of halogens is 3. The molecule has 5 amide bonds. The van der Waals surface area contributed by atoms with Crippen LogP contribution in [0.1, 0.15) is 69.9 Å². The lowest BCUT2D eigenvalue weighted by atomic mass is 10.0. The van der Waals surface area contributed by atoms with E-state index in [2.05, 4.69) is 45.4 Å². The summed E-state index contributed by atoms with van der Waals surface area (Å²) in [5.41, 5.74) is 7.96. The summed E-state index contributed by atoms with van der Waals surface area (Å²) in [6, 6.07) is 12.4. The standard InChI is InChI=1S/C35H47N7O9.C3H8.C2HF3O2/c1-50-33(47)29(19-24-20-38-26-14-6-5-13-25(24)26)40-30(43)21-39-31(44)27(41-34(48)42-28(32(45)46)16-7-9-17-36)15-8-10-18-37-35(49)51-22-23-11-3-2-4-12-23;1-3-2;3-2(4,5)1(6)7/h2-6,11-14,20,27-29,38H,7-10,15-19,21-22,36H2,1H3,(H,37,49)(H,39,44)(H,40,43)(H,45,46)(H2,41,42,48);3H2,1-2H3;(H,6,7)/t27-,28?,29+;;/m1../s1. The molecule has 61 heavy (non-hydrogen) atoms. The Morgan fingerprint density at radius 2 is 1.39 bits per heavy atom. The number of aliphatic carboxylic acids is 2. The number of carboxylic acid groups (broad SMARTS) is 2. The molecule has 3 atom stereocenters. The lowest BCUT2D eigenvalue weighted by molar-refractivity contribution is -0.192. The molecule has 0 aliphatic rings. The van der Waals surface area contributed by atoms with Crippen LogP contribution in [0.3, 0.4) is 0 Å². The second kappa shape index (κ2) is 28.9. The number of para-hydroxylation sites is 1. The van der Waals surface area contributed by atoms with Crippen molar-refractivity contribution in [1.29, 1.82) is 0 Å². The number of nitrogens with one attached hydrogen (secondary N) is 6. The second-order valence-electron chi connectivity index (χ2n) is 13.3. The van der Waals surface area contributed by atoms with Gasteiger partial charge in [-0.05, 0) is 62.3 Å². The number of hydrogen-bond acceptors (Lipinski definition) is 10. The zero-order chi connectivity index (χ0) is 45.8. The largest absolute Gasteiger partial charge is 0.490 e. The highest BCUT2D eigenvalue weighted by molar-refractivity contribution is 5.92. The van der Waals surface area contributed by atoms with E-state index in [0.29, 0.717) is 32.2 Å². The van der Waals surface area contributed by atoms with Crippen LogP contribution in [0.25, 0.3) is 10.9 Å². The van der Waals surface area contributed by atoms with Crippen LogP contribution in [-0.4, -0.2) is 108 Å². The molecular formula is C40H56F3N7O11. The normalized spacial score (nSPS) is 12.0. The highest BCUT2D eigenvalue weighted by atomic mass is 19.4. The number of unbranched alkanes of at least 4 members (excludes halogenated alkanes) is 2. The van der Waals surface area contributed by atoms with Gasteiger partial charge in [-0.25, -0.2) is 24.0 Å². The first-order valence-corrected chi connectivity index (χ1v) is 19.4. The topological polar surface area (TPSA) is 280 Å². The number of aromatic amines is 1. The molecule has 21 heteroatoms. The number of fused-ring (bicyclic) bond motifs is 1. The predicted molar refractivity (Wildman–Crippen MR) is 217 cm³/mol. The van der Waals surface area contributed by atoms with Gasteiger partial charge < -0.3 is 57.0 Å². The number of H-pyrrole nitrogens is 1. The summed E-state index contributed by atoms with van der Waals surface area (Å²) in [5, 5.41) is 30.1. The lowest BCUT2D eigenvalue weighted by Gasteiger charge is -2.21. The monoisotopic (exact) mass is 867 g/mol. The van der Waals surface area contributed by atoms with Crippen molar-refractivity contribution in [2.24, 2.45) is 5.73 Å². The van der Waals surface area contributed by atoms with Crippen LogP contribution < -0.4 is 32.3 Å². The number of alkyl halides is 3. The van der Waals surface area contributed by atoms with Gasteiger partial charge in [-0.2, -0.15) is 13.2 Å². The van der Waals surface area contributed by atoms with Gasteiger partial charge in [-0.1, -0.05) is 68.8 Å². The number of carboxylic acids is 2. The zero-order valence-electron chi connectivity index (χ0n) is 34.3. The fourth-order valence-corrected chi connectivity index (χ4v) is 5.21. The molecule has 0 saturated carbocycles. The number of amides is 5. The van der Waals surface area contributed by atoms with Gasteiger partial charge in [0.2, 0.25) is 11.8 Å². The summed E-state index contributed by atoms with van der Waals surface area (Å²) in [6.45, 7) is 4.43. The number of aromatic nitrogens is 1. The molecule has 1 unspecified atom stereocenters. The summed E-state index contributed by atoms with van der Waals surface area (Å²) >= 11 is 0. The number of urea groups is 1. The Morgan fingerprint density at radius 3 is 2.00 bits per heavy atom. The average Bonchev–Trinajstić information content (AvgIpc) is 3.63. The van der Waals surface area contributed by atoms with Gasteiger partial charge in [0.1, 0.15) is 24.7 Å². The fourth-order valence-electron chi connectivity index (χ4n) is 5.21. The van der Waals surface area contributed by atoms with Crippen molar-refractivity contribution in [1.82, 2.24) is 31.6 Å². The molecule has 0 bridgehead atoms. The minimum absolute atomic E-state index is 0.0951. The minimum Gasteiger partial charge on any atom is -0.480 e. The number of carbonyl (C=O) groups excluding carboxylic acids is 5. The quantitative estimate of drug-likeness (QED) is 0.0545. The molecule has 10 N–H and O–H groups in total. The second-order valence-corrected chi connectivity index (χ2v) is 13.3. The molecule has 0 aliphatic carbocycles. The van der Waals surface area contributed by atoms with E-state index in [-0.39, 0.29) is 32.4 Å². The summed E-state index contributed by atoms with van der Waals surface area (Å²) in [6.07, 6.45) is -0.511. The number of ether oxygens (including phenoxy) is 2. The Balaban J connectivity index is 0.00000166. The first kappa shape index (κ1) is 52.6. The Labute approximate surface area is 350 Å². The SMILES string of the molecule is CCC.COC(=O)[C@H](Cc1c[nH]c2ccccc12)NC(=O)CNC(=O)[C@@H](CCCCNC(=O)OCc1ccccc1)NC(=O)NC(CCCCN)C(=O)O.O=C(O)C(F)(F)F. The number of carbonyl (C=O) groups is 7. The molecule has 1 heterocycles. The minimum atomic E-state index is -5.08. The molecule has 0 radical (unpaired) electrons. The number of hydrogen-bond donors (Lipinski definition) is 9. The van der Waals surface area contributed by atoms with Crippen molar-refractivity contribution in [2.45, 2.75) is 96.1 Å². The van der Waals surface area contributed by atoms with Crippen LogP contribution in [0, 0.1) is 0 Å². The summed E-state index contributed by atoms with van der Waals surface area (Å²) in [5.74, 6) is -6.05. The first-order valence-electron chi connectivity index (χ1n) is 19.4. The Hall–Kier alpha value is -6.38. The predicted octanol–water partition coefficient (Wildman–Crippen LogP) is 3.88. The van der Waals surface area contributed by atoms with Gasteiger partial charge in [0.05, 0.1) is 13.7 Å². The van der Waals surface area contributed by atoms with E-state index in [1.54, 1.807) is 6.20 Å². The zero-order valence-corrected chi connectivity index (χ0v) is 34.3. The van der Waals surface area contributed by atoms with Crippen molar-refractivity contribution in [3.8, 4) is 0 Å². The third-order valence-corrected chi connectivity index (χ3v) is 8.16. The van der Waals surface area contributed by atoms with Gasteiger partial charge >= 0.3 is 36.2 Å². The summed E-state index contributed by atoms with van der Waals surface area (Å²) in [7, 11) is 1.20. The highest BCUT2D eigenvalue weighted by Gasteiger charge is 2.38. The Kier molecular flexibility index (Phi) is 25.0. The summed E-state index contributed by atoms with van der Waals surface area (Å²) < 4.78 is 41.8. The Morgan fingerprint density at radius 1 is 0.803 bits per heavy atom. The Bertz CT molecular complexity index is 1830. The first-order chi connectivity index (χ1) is 29.0. The molecule has 0 saturated heterocycles. The molecule has 2 aromatic carbocycles. The van der Waals surface area contributed by atoms with Crippen LogP contribution >= 0.6 is 0 Å². The van der Waals surface area contributed by atoms with Crippen molar-refractivity contribution in [2.75, 3.05) is 26.7 Å². The highest BCUT2D eigenvalue weighted by Crippen LogP contribution is 2.19. The number of benzene rings is 2. The molecule has 3 aromatic rings. The molecule has 0 fully saturated rings. The third kappa shape index (κ3) is 22.0. The number of rotatable bonds is 21. The van der Waals surface area contributed by atoms with Crippen LogP contribution in [0.15, 0.2) is 60.8 Å². The maximum Gasteiger partial charge on any atom is 0.490 e. The number of esters is 1. The number of nitrogens with two attached hydrogens (primary N) is 1. The molecule has 0 spiro atoms. The molecule has 338 valence electrons. The van der Waals surface area contributed by atoms with Gasteiger partial charge in [0, 0.05) is 30.1 Å². The van der Waals surface area contributed by atoms with E-state index in [0.717, 1.165) is 22.0 Å².